The average Bonchev–Trinajstić information content (AvgIpc) is 2.81. The van der Waals surface area contributed by atoms with E-state index >= 15 is 0 Å². The van der Waals surface area contributed by atoms with Crippen molar-refractivity contribution in [1.82, 2.24) is 14.5 Å². The number of benzene rings is 1. The van der Waals surface area contributed by atoms with Gasteiger partial charge in [-0.3, -0.25) is 9.59 Å². The zero-order valence-corrected chi connectivity index (χ0v) is 19.6. The van der Waals surface area contributed by atoms with Gasteiger partial charge in [-0.25, -0.2) is 9.97 Å². The maximum atomic E-state index is 12.9. The fourth-order valence-corrected chi connectivity index (χ4v) is 3.68. The first-order valence-corrected chi connectivity index (χ1v) is 11.0. The molecule has 1 atom stereocenters. The second-order valence-corrected chi connectivity index (χ2v) is 8.40. The van der Waals surface area contributed by atoms with Gasteiger partial charge in [0.1, 0.15) is 11.6 Å². The third-order valence-electron chi connectivity index (χ3n) is 5.37. The van der Waals surface area contributed by atoms with Crippen LogP contribution >= 0.6 is 11.6 Å². The van der Waals surface area contributed by atoms with Crippen LogP contribution in [0.2, 0.25) is 0 Å². The van der Waals surface area contributed by atoms with E-state index in [2.05, 4.69) is 20.0 Å². The van der Waals surface area contributed by atoms with Crippen LogP contribution in [-0.2, 0) is 11.8 Å². The first kappa shape index (κ1) is 24.6. The Labute approximate surface area is 204 Å². The van der Waals surface area contributed by atoms with E-state index in [1.165, 1.54) is 47.4 Å². The minimum atomic E-state index is -3.83. The second kappa shape index (κ2) is 9.96. The zero-order chi connectivity index (χ0) is 25.2. The quantitative estimate of drug-likeness (QED) is 0.512. The molecule has 2 aromatic heterocycles. The van der Waals surface area contributed by atoms with Crippen molar-refractivity contribution in [2.45, 2.75) is 18.5 Å². The normalized spacial score (nSPS) is 16.1. The largest absolute Gasteiger partial charge is 0.487 e. The Kier molecular flexibility index (Phi) is 6.99. The first-order valence-electron chi connectivity index (χ1n) is 10.7. The van der Waals surface area contributed by atoms with Crippen LogP contribution in [0.1, 0.15) is 17.3 Å². The summed E-state index contributed by atoms with van der Waals surface area (Å²) in [6.45, 7) is 3.62. The molecular weight excluding hydrogens is 484 g/mol. The van der Waals surface area contributed by atoms with Gasteiger partial charge >= 0.3 is 5.57 Å². The number of aromatic nitrogens is 3. The number of hydrogen-bond donors (Lipinski definition) is 1. The predicted octanol–water partition coefficient (Wildman–Crippen LogP) is 3.49. The monoisotopic (exact) mass is 505 g/mol. The number of nitrogens with one attached hydrogen (secondary N) is 1. The highest BCUT2D eigenvalue weighted by Crippen LogP contribution is 2.31. The van der Waals surface area contributed by atoms with Gasteiger partial charge in [0.15, 0.2) is 0 Å². The fourth-order valence-electron chi connectivity index (χ4n) is 3.59. The van der Waals surface area contributed by atoms with Crippen LogP contribution in [0.4, 0.5) is 20.3 Å². The molecule has 12 heteroatoms. The maximum absolute atomic E-state index is 12.9. The molecule has 9 nitrogen and oxygen atoms in total. The van der Waals surface area contributed by atoms with E-state index in [0.29, 0.717) is 42.5 Å². The SMILES string of the molecule is C[C@@H]1COCCN1c1ncc(C(=O)Nc2ccc(OC(F)(F)Cl)cc2)cc1-c1cc(=O)n(C)cn1. The van der Waals surface area contributed by atoms with Crippen molar-refractivity contribution < 1.29 is 23.0 Å². The molecule has 0 bridgehead atoms. The van der Waals surface area contributed by atoms with E-state index in [9.17, 15) is 18.4 Å². The highest BCUT2D eigenvalue weighted by Gasteiger charge is 2.28. The fraction of sp³-hybridized carbons (Fsp3) is 0.304. The Morgan fingerprint density at radius 3 is 2.66 bits per heavy atom. The van der Waals surface area contributed by atoms with Gasteiger partial charge in [-0.1, -0.05) is 0 Å². The Morgan fingerprint density at radius 1 is 1.26 bits per heavy atom. The summed E-state index contributed by atoms with van der Waals surface area (Å²) in [6, 6.07) is 8.34. The van der Waals surface area contributed by atoms with Crippen LogP contribution in [0.15, 0.2) is 53.7 Å². The summed E-state index contributed by atoms with van der Waals surface area (Å²) in [4.78, 5) is 36.2. The summed E-state index contributed by atoms with van der Waals surface area (Å²) < 4.78 is 36.7. The number of amides is 1. The van der Waals surface area contributed by atoms with Crippen molar-refractivity contribution in [3.63, 3.8) is 0 Å². The van der Waals surface area contributed by atoms with Gasteiger partial charge in [0.05, 0.1) is 36.8 Å². The topological polar surface area (TPSA) is 98.6 Å². The third kappa shape index (κ3) is 5.92. The standard InChI is InChI=1S/C23H22ClF2N5O4/c1-14-12-34-8-7-31(14)21-18(19-10-20(32)30(2)13-28-19)9-15(11-27-21)22(33)29-16-3-5-17(6-4-16)35-23(24,25)26/h3-6,9-11,13-14H,7-8,12H2,1-2H3,(H,29,33)/t14-/m1/s1. The Morgan fingerprint density at radius 2 is 2.00 bits per heavy atom. The lowest BCUT2D eigenvalue weighted by atomic mass is 10.1. The summed E-state index contributed by atoms with van der Waals surface area (Å²) in [7, 11) is 1.59. The van der Waals surface area contributed by atoms with Crippen LogP contribution in [-0.4, -0.2) is 51.8 Å². The molecule has 1 N–H and O–H groups in total. The lowest BCUT2D eigenvalue weighted by Gasteiger charge is -2.35. The Bertz CT molecular complexity index is 1280. The number of rotatable bonds is 6. The van der Waals surface area contributed by atoms with E-state index in [-0.39, 0.29) is 22.9 Å². The van der Waals surface area contributed by atoms with Crippen LogP contribution in [0.3, 0.4) is 0 Å². The number of nitrogens with zero attached hydrogens (tertiary/aromatic N) is 4. The van der Waals surface area contributed by atoms with Gasteiger partial charge in [-0.05, 0) is 37.3 Å². The van der Waals surface area contributed by atoms with Crippen LogP contribution < -0.4 is 20.5 Å². The molecule has 35 heavy (non-hydrogen) atoms. The summed E-state index contributed by atoms with van der Waals surface area (Å²) in [6.07, 6.45) is 2.84. The number of halogens is 3. The number of carbonyl (C=O) groups excluding carboxylic acids is 1. The van der Waals surface area contributed by atoms with Crippen molar-refractivity contribution >= 4 is 29.0 Å². The molecule has 0 spiro atoms. The van der Waals surface area contributed by atoms with Gasteiger partial charge in [0, 0.05) is 48.7 Å². The molecule has 0 unspecified atom stereocenters. The minimum absolute atomic E-state index is 0.0299. The predicted molar refractivity (Wildman–Crippen MR) is 126 cm³/mol. The van der Waals surface area contributed by atoms with Gasteiger partial charge < -0.3 is 24.3 Å². The number of alkyl halides is 3. The Hall–Kier alpha value is -3.57. The van der Waals surface area contributed by atoms with E-state index in [4.69, 9.17) is 16.3 Å². The molecule has 1 aliphatic heterocycles. The molecule has 3 aromatic rings. The first-order chi connectivity index (χ1) is 16.6. The molecule has 1 amide bonds. The molecule has 1 saturated heterocycles. The van der Waals surface area contributed by atoms with Crippen molar-refractivity contribution in [1.29, 1.82) is 0 Å². The van der Waals surface area contributed by atoms with E-state index in [1.54, 1.807) is 13.1 Å². The number of ether oxygens (including phenoxy) is 2. The minimum Gasteiger partial charge on any atom is -0.420 e. The van der Waals surface area contributed by atoms with Crippen molar-refractivity contribution in [3.05, 3.63) is 64.8 Å². The third-order valence-corrected chi connectivity index (χ3v) is 5.45. The smallest absolute Gasteiger partial charge is 0.420 e. The highest BCUT2D eigenvalue weighted by molar-refractivity contribution is 6.20. The van der Waals surface area contributed by atoms with Crippen LogP contribution in [0, 0.1) is 0 Å². The summed E-state index contributed by atoms with van der Waals surface area (Å²) in [5.74, 6) is -0.0604. The summed E-state index contributed by atoms with van der Waals surface area (Å²) in [5.41, 5.74) is -2.61. The number of aryl methyl sites for hydroxylation is 1. The molecule has 0 saturated carbocycles. The number of pyridine rings is 1. The van der Waals surface area contributed by atoms with E-state index in [0.717, 1.165) is 0 Å². The summed E-state index contributed by atoms with van der Waals surface area (Å²) >= 11 is 4.76. The second-order valence-electron chi connectivity index (χ2n) is 7.96. The maximum Gasteiger partial charge on any atom is 0.487 e. The molecule has 0 aliphatic carbocycles. The summed E-state index contributed by atoms with van der Waals surface area (Å²) in [5, 5.41) is 2.68. The molecule has 1 fully saturated rings. The van der Waals surface area contributed by atoms with Crippen LogP contribution in [0.25, 0.3) is 11.3 Å². The highest BCUT2D eigenvalue weighted by atomic mass is 35.5. The molecular formula is C23H22ClF2N5O4. The van der Waals surface area contributed by atoms with E-state index in [1.807, 2.05) is 11.8 Å². The van der Waals surface area contributed by atoms with Crippen molar-refractivity contribution in [2.24, 2.45) is 7.05 Å². The lowest BCUT2D eigenvalue weighted by Crippen LogP contribution is -2.44. The van der Waals surface area contributed by atoms with Crippen molar-refractivity contribution in [3.8, 4) is 17.0 Å². The molecule has 4 rings (SSSR count). The lowest BCUT2D eigenvalue weighted by molar-refractivity contribution is -0.0964. The Balaban J connectivity index is 1.64. The van der Waals surface area contributed by atoms with Crippen molar-refractivity contribution in [2.75, 3.05) is 30.0 Å². The van der Waals surface area contributed by atoms with Gasteiger partial charge in [-0.15, -0.1) is 8.78 Å². The molecule has 3 heterocycles. The van der Waals surface area contributed by atoms with Gasteiger partial charge in [0.25, 0.3) is 11.5 Å². The molecule has 0 radical (unpaired) electrons. The van der Waals surface area contributed by atoms with Crippen LogP contribution in [0.5, 0.6) is 5.75 Å². The molecule has 184 valence electrons. The molecule has 1 aromatic carbocycles. The number of carbonyl (C=O) groups is 1. The van der Waals surface area contributed by atoms with Gasteiger partial charge in [-0.2, -0.15) is 0 Å². The number of hydrogen-bond acceptors (Lipinski definition) is 7. The number of morpholine rings is 1. The number of anilines is 2. The van der Waals surface area contributed by atoms with E-state index < -0.39 is 11.5 Å². The molecule has 1 aliphatic rings. The van der Waals surface area contributed by atoms with Gasteiger partial charge in [0.2, 0.25) is 0 Å². The average molecular weight is 506 g/mol. The zero-order valence-electron chi connectivity index (χ0n) is 18.9.